The summed E-state index contributed by atoms with van der Waals surface area (Å²) < 4.78 is 15.9. The summed E-state index contributed by atoms with van der Waals surface area (Å²) >= 11 is 5.75. The highest BCUT2D eigenvalue weighted by molar-refractivity contribution is 6.28. The maximum atomic E-state index is 13.8. The first-order chi connectivity index (χ1) is 10.2. The summed E-state index contributed by atoms with van der Waals surface area (Å²) in [6.45, 7) is 2.93. The summed E-state index contributed by atoms with van der Waals surface area (Å²) in [6, 6.07) is 7.89. The molecule has 0 aliphatic rings. The molecule has 3 rings (SSSR count). The molecule has 0 radical (unpaired) electrons. The first-order valence-corrected chi connectivity index (χ1v) is 7.18. The van der Waals surface area contributed by atoms with Gasteiger partial charge in [-0.25, -0.2) is 19.3 Å². The van der Waals surface area contributed by atoms with Gasteiger partial charge in [-0.15, -0.1) is 0 Å². The summed E-state index contributed by atoms with van der Waals surface area (Å²) in [7, 11) is 0. The van der Waals surface area contributed by atoms with Crippen LogP contribution in [0.3, 0.4) is 0 Å². The topological polar surface area (TPSA) is 43.6 Å². The molecule has 0 spiro atoms. The van der Waals surface area contributed by atoms with Gasteiger partial charge in [0.25, 0.3) is 0 Å². The van der Waals surface area contributed by atoms with Crippen LogP contribution < -0.4 is 0 Å². The minimum atomic E-state index is -0.463. The average Bonchev–Trinajstić information content (AvgIpc) is 2.81. The third-order valence-electron chi connectivity index (χ3n) is 3.29. The van der Waals surface area contributed by atoms with Gasteiger partial charge >= 0.3 is 0 Å². The van der Waals surface area contributed by atoms with Gasteiger partial charge in [-0.3, -0.25) is 0 Å². The van der Waals surface area contributed by atoms with E-state index in [1.54, 1.807) is 0 Å². The lowest BCUT2D eigenvalue weighted by atomic mass is 10.2. The van der Waals surface area contributed by atoms with Gasteiger partial charge in [0.1, 0.15) is 5.82 Å². The van der Waals surface area contributed by atoms with E-state index in [0.717, 1.165) is 36.0 Å². The summed E-state index contributed by atoms with van der Waals surface area (Å²) in [6.07, 6.45) is 2.36. The summed E-state index contributed by atoms with van der Waals surface area (Å²) in [5.74, 6) is 0.321. The zero-order chi connectivity index (χ0) is 14.8. The molecule has 3 aromatic rings. The molecule has 0 bridgehead atoms. The van der Waals surface area contributed by atoms with Crippen molar-refractivity contribution in [3.63, 3.8) is 0 Å². The fraction of sp³-hybridized carbons (Fsp3) is 0.267. The number of benzene rings is 1. The molecule has 0 N–H and O–H groups in total. The highest BCUT2D eigenvalue weighted by atomic mass is 35.5. The normalized spacial score (nSPS) is 11.2. The van der Waals surface area contributed by atoms with Crippen molar-refractivity contribution in [1.82, 2.24) is 19.5 Å². The van der Waals surface area contributed by atoms with Crippen molar-refractivity contribution < 1.29 is 4.39 Å². The van der Waals surface area contributed by atoms with E-state index < -0.39 is 5.82 Å². The van der Waals surface area contributed by atoms with Crippen LogP contribution in [0, 0.1) is 5.82 Å². The minimum absolute atomic E-state index is 0.0459. The Balaban J connectivity index is 2.07. The number of aromatic nitrogens is 4. The lowest BCUT2D eigenvalue weighted by molar-refractivity contribution is 0.587. The second-order valence-corrected chi connectivity index (χ2v) is 5.12. The number of hydrogen-bond donors (Lipinski definition) is 0. The Morgan fingerprint density at radius 2 is 2.05 bits per heavy atom. The minimum Gasteiger partial charge on any atom is -0.328 e. The van der Waals surface area contributed by atoms with E-state index in [0.29, 0.717) is 6.42 Å². The Kier molecular flexibility index (Phi) is 3.84. The molecular formula is C15H14ClFN4. The van der Waals surface area contributed by atoms with Gasteiger partial charge in [0.15, 0.2) is 5.82 Å². The molecule has 0 fully saturated rings. The summed E-state index contributed by atoms with van der Waals surface area (Å²) in [5, 5.41) is 0.0459. The van der Waals surface area contributed by atoms with Crippen molar-refractivity contribution in [2.45, 2.75) is 26.3 Å². The van der Waals surface area contributed by atoms with Crippen molar-refractivity contribution in [3.8, 4) is 0 Å². The van der Waals surface area contributed by atoms with Crippen molar-refractivity contribution in [2.75, 3.05) is 0 Å². The number of imidazole rings is 1. The maximum absolute atomic E-state index is 13.8. The van der Waals surface area contributed by atoms with Gasteiger partial charge in [0.2, 0.25) is 5.28 Å². The Morgan fingerprint density at radius 1 is 1.24 bits per heavy atom. The fourth-order valence-electron chi connectivity index (χ4n) is 2.39. The smallest absolute Gasteiger partial charge is 0.222 e. The number of fused-ring (bicyclic) bond motifs is 1. The largest absolute Gasteiger partial charge is 0.328 e. The molecule has 0 amide bonds. The van der Waals surface area contributed by atoms with E-state index >= 15 is 0 Å². The van der Waals surface area contributed by atoms with Gasteiger partial charge < -0.3 is 4.57 Å². The molecule has 0 saturated carbocycles. The number of nitrogens with zero attached hydrogens (tertiary/aromatic N) is 4. The fourth-order valence-corrected chi connectivity index (χ4v) is 2.54. The maximum Gasteiger partial charge on any atom is 0.222 e. The van der Waals surface area contributed by atoms with Crippen LogP contribution in [0.1, 0.15) is 24.9 Å². The molecule has 0 aliphatic heterocycles. The quantitative estimate of drug-likeness (QED) is 0.691. The first-order valence-electron chi connectivity index (χ1n) is 6.80. The Hall–Kier alpha value is -2.01. The molecule has 0 aliphatic carbocycles. The summed E-state index contributed by atoms with van der Waals surface area (Å²) in [4.78, 5) is 12.2. The van der Waals surface area contributed by atoms with Crippen LogP contribution in [0.2, 0.25) is 5.28 Å². The van der Waals surface area contributed by atoms with Crippen LogP contribution in [-0.4, -0.2) is 19.5 Å². The van der Waals surface area contributed by atoms with Crippen LogP contribution in [0.15, 0.2) is 30.5 Å². The van der Waals surface area contributed by atoms with Crippen LogP contribution in [-0.2, 0) is 13.0 Å². The average molecular weight is 305 g/mol. The highest BCUT2D eigenvalue weighted by Gasteiger charge is 2.14. The molecule has 0 atom stereocenters. The zero-order valence-electron chi connectivity index (χ0n) is 11.6. The van der Waals surface area contributed by atoms with Gasteiger partial charge in [0, 0.05) is 6.54 Å². The molecular weight excluding hydrogens is 291 g/mol. The number of aryl methyl sites for hydroxylation is 1. The van der Waals surface area contributed by atoms with E-state index in [-0.39, 0.29) is 11.0 Å². The van der Waals surface area contributed by atoms with E-state index in [4.69, 9.17) is 11.6 Å². The van der Waals surface area contributed by atoms with Crippen LogP contribution in [0.25, 0.3) is 11.0 Å². The predicted octanol–water partition coefficient (Wildman–Crippen LogP) is 3.62. The van der Waals surface area contributed by atoms with E-state index in [1.807, 2.05) is 24.3 Å². The Bertz CT molecular complexity index is 784. The van der Waals surface area contributed by atoms with Gasteiger partial charge in [0.05, 0.1) is 29.3 Å². The van der Waals surface area contributed by atoms with E-state index in [1.165, 1.54) is 0 Å². The number of hydrogen-bond acceptors (Lipinski definition) is 3. The molecule has 0 saturated heterocycles. The van der Waals surface area contributed by atoms with Crippen molar-refractivity contribution in [2.24, 2.45) is 0 Å². The molecule has 0 unspecified atom stereocenters. The van der Waals surface area contributed by atoms with E-state index in [9.17, 15) is 4.39 Å². The Labute approximate surface area is 126 Å². The molecule has 1 aromatic carbocycles. The molecule has 4 nitrogen and oxygen atoms in total. The highest BCUT2D eigenvalue weighted by Crippen LogP contribution is 2.19. The van der Waals surface area contributed by atoms with Crippen molar-refractivity contribution in [1.29, 1.82) is 0 Å². The summed E-state index contributed by atoms with van der Waals surface area (Å²) in [5.41, 5.74) is 2.22. The van der Waals surface area contributed by atoms with Crippen molar-refractivity contribution >= 4 is 22.6 Å². The molecule has 6 heteroatoms. The predicted molar refractivity (Wildman–Crippen MR) is 79.8 cm³/mol. The number of para-hydroxylation sites is 2. The first kappa shape index (κ1) is 13.9. The lowest BCUT2D eigenvalue weighted by Gasteiger charge is -2.08. The third kappa shape index (κ3) is 2.74. The van der Waals surface area contributed by atoms with Crippen molar-refractivity contribution in [3.05, 3.63) is 53.1 Å². The lowest BCUT2D eigenvalue weighted by Crippen LogP contribution is -2.07. The second-order valence-electron chi connectivity index (χ2n) is 4.78. The van der Waals surface area contributed by atoms with Gasteiger partial charge in [-0.2, -0.15) is 0 Å². The standard InChI is InChI=1S/C15H14ClFN4/c1-2-7-21-13-6-4-3-5-11(13)19-14(21)8-12-10(17)9-18-15(16)20-12/h3-6,9H,2,7-8H2,1H3. The zero-order valence-corrected chi connectivity index (χ0v) is 12.3. The molecule has 2 heterocycles. The molecule has 21 heavy (non-hydrogen) atoms. The van der Waals surface area contributed by atoms with Gasteiger partial charge in [-0.05, 0) is 30.2 Å². The third-order valence-corrected chi connectivity index (χ3v) is 3.48. The van der Waals surface area contributed by atoms with E-state index in [2.05, 4.69) is 26.4 Å². The Morgan fingerprint density at radius 3 is 2.86 bits per heavy atom. The molecule has 108 valence electrons. The molecule has 2 aromatic heterocycles. The van der Waals surface area contributed by atoms with Gasteiger partial charge in [-0.1, -0.05) is 19.1 Å². The monoisotopic (exact) mass is 304 g/mol. The van der Waals surface area contributed by atoms with Crippen LogP contribution in [0.5, 0.6) is 0 Å². The number of halogens is 2. The second kappa shape index (κ2) is 5.77. The van der Waals surface area contributed by atoms with Crippen LogP contribution >= 0.6 is 11.6 Å². The SMILES string of the molecule is CCCn1c(Cc2nc(Cl)ncc2F)nc2ccccc21. The van der Waals surface area contributed by atoms with Crippen LogP contribution in [0.4, 0.5) is 4.39 Å². The number of rotatable bonds is 4.